The first-order chi connectivity index (χ1) is 42.1. The van der Waals surface area contributed by atoms with Crippen molar-refractivity contribution in [1.82, 2.24) is 46.1 Å². The summed E-state index contributed by atoms with van der Waals surface area (Å²) >= 11 is 0. The average molecular weight is 1200 g/mol. The number of urea groups is 1. The number of primary amides is 1. The minimum absolute atomic E-state index is 0.0405. The van der Waals surface area contributed by atoms with Crippen molar-refractivity contribution in [3.05, 3.63) is 132 Å². The van der Waals surface area contributed by atoms with Crippen molar-refractivity contribution in [2.45, 2.75) is 65.3 Å². The number of imidazole rings is 1. The number of ether oxygens (including phenoxy) is 6. The molecule has 8 amide bonds. The molecule has 4 heterocycles. The largest absolute Gasteiger partial charge is 0.490 e. The Balaban J connectivity index is 0.805. The third-order valence-electron chi connectivity index (χ3n) is 13.2. The van der Waals surface area contributed by atoms with E-state index in [0.29, 0.717) is 65.4 Å². The number of nitrogens with zero attached hydrogens (tertiary/aromatic N) is 4. The fourth-order valence-corrected chi connectivity index (χ4v) is 8.70. The van der Waals surface area contributed by atoms with E-state index in [0.717, 1.165) is 27.1 Å². The Labute approximate surface area is 502 Å². The number of imide groups is 1. The number of halogens is 1. The second-order valence-corrected chi connectivity index (χ2v) is 20.2. The molecule has 462 valence electrons. The molecule has 0 bridgehead atoms. The number of carbonyl (C=O) groups excluding carboxylic acids is 7. The quantitative estimate of drug-likeness (QED) is 0.0179. The zero-order chi connectivity index (χ0) is 61.9. The highest BCUT2D eigenvalue weighted by atomic mass is 19.1. The van der Waals surface area contributed by atoms with Gasteiger partial charge in [0.25, 0.3) is 11.8 Å². The summed E-state index contributed by atoms with van der Waals surface area (Å²) in [6.07, 6.45) is 3.72. The number of hydrogen-bond acceptors (Lipinski definition) is 17. The van der Waals surface area contributed by atoms with Crippen LogP contribution in [0.2, 0.25) is 0 Å². The molecular formula is C61H73FN12O13. The summed E-state index contributed by atoms with van der Waals surface area (Å²) in [5.41, 5.74) is 11.0. The highest BCUT2D eigenvalue weighted by molar-refractivity contribution is 6.12. The van der Waals surface area contributed by atoms with Crippen molar-refractivity contribution in [1.29, 1.82) is 0 Å². The first-order valence-corrected chi connectivity index (χ1v) is 28.4. The first kappa shape index (κ1) is 65.2. The van der Waals surface area contributed by atoms with Gasteiger partial charge < -0.3 is 71.0 Å². The third kappa shape index (κ3) is 21.3. The van der Waals surface area contributed by atoms with Gasteiger partial charge in [0.1, 0.15) is 42.7 Å². The molecule has 87 heavy (non-hydrogen) atoms. The molecule has 2 unspecified atom stereocenters. The Morgan fingerprint density at radius 1 is 0.747 bits per heavy atom. The van der Waals surface area contributed by atoms with Crippen molar-refractivity contribution >= 4 is 63.9 Å². The zero-order valence-electron chi connectivity index (χ0n) is 48.7. The Kier molecular flexibility index (Phi) is 25.4. The number of aryl methyl sites for hydroxylation is 1. The van der Waals surface area contributed by atoms with Gasteiger partial charge >= 0.3 is 12.1 Å². The van der Waals surface area contributed by atoms with E-state index in [1.54, 1.807) is 62.5 Å². The molecule has 6 aromatic rings. The number of amides is 8. The molecule has 1 aliphatic heterocycles. The molecule has 0 aliphatic carbocycles. The van der Waals surface area contributed by atoms with Crippen molar-refractivity contribution in [2.24, 2.45) is 11.7 Å². The van der Waals surface area contributed by atoms with E-state index < -0.39 is 41.9 Å². The number of fused-ring (bicyclic) bond motifs is 1. The summed E-state index contributed by atoms with van der Waals surface area (Å²) in [5, 5.41) is 17.3. The number of benzene rings is 3. The third-order valence-corrected chi connectivity index (χ3v) is 13.2. The van der Waals surface area contributed by atoms with Gasteiger partial charge in [-0.2, -0.15) is 0 Å². The van der Waals surface area contributed by atoms with Crippen LogP contribution in [0, 0.1) is 18.7 Å². The first-order valence-electron chi connectivity index (χ1n) is 28.4. The number of aromatic nitrogens is 4. The standard InChI is InChI=1S/C61H73FN12O13/c1-39(2)55(73-52(75)21-25-82-28-30-84-32-33-85-31-29-83-27-24-74-53(76)19-20-54(74)77)59(79)70-50(12-7-22-64-60(63)80)58(78)69-44-16-13-41(14-17-44)38-87-61(81)65-23-26-86-45-35-43-34-42(15-18-47(43)66-36-45)56-57(49-11-6-8-40(3)68-49)72-51(71-56)37-67-48-10-5-4-9-46(48)62/h4-6,8-11,13-20,34-36,39,50,55,67H,7,12,21-33,37-38H2,1-3H3,(H,65,81)(H,69,78)(H,70,79)(H,71,72)(H,73,75)(H3,63,64,80). The van der Waals surface area contributed by atoms with Crippen LogP contribution in [0.5, 0.6) is 5.75 Å². The average Bonchev–Trinajstić information content (AvgIpc) is 2.16. The Hall–Kier alpha value is -9.37. The van der Waals surface area contributed by atoms with Crippen LogP contribution < -0.4 is 42.4 Å². The molecule has 0 fully saturated rings. The number of H-pyrrole nitrogens is 1. The van der Waals surface area contributed by atoms with Crippen LogP contribution in [-0.2, 0) is 60.8 Å². The van der Waals surface area contributed by atoms with Gasteiger partial charge in [-0.3, -0.25) is 38.8 Å². The lowest BCUT2D eigenvalue weighted by molar-refractivity contribution is -0.137. The number of nitrogens with two attached hydrogens (primary N) is 1. The molecule has 0 saturated heterocycles. The number of nitrogens with one attached hydrogen (secondary N) is 7. The zero-order valence-corrected chi connectivity index (χ0v) is 48.7. The maximum atomic E-state index is 14.4. The van der Waals surface area contributed by atoms with Crippen LogP contribution in [0.15, 0.2) is 109 Å². The Bertz CT molecular complexity index is 3310. The number of hydrogen-bond donors (Lipinski definition) is 8. The smallest absolute Gasteiger partial charge is 0.407 e. The summed E-state index contributed by atoms with van der Waals surface area (Å²) in [6.45, 7) is 8.05. The van der Waals surface area contributed by atoms with Gasteiger partial charge in [0.2, 0.25) is 17.7 Å². The molecule has 7 rings (SSSR count). The number of carbonyl (C=O) groups is 7. The lowest BCUT2D eigenvalue weighted by atomic mass is 10.0. The van der Waals surface area contributed by atoms with Gasteiger partial charge in [0.15, 0.2) is 0 Å². The molecule has 1 aliphatic rings. The van der Waals surface area contributed by atoms with Gasteiger partial charge in [0.05, 0.1) is 107 Å². The normalized spacial score (nSPS) is 12.7. The Morgan fingerprint density at radius 2 is 1.46 bits per heavy atom. The van der Waals surface area contributed by atoms with E-state index in [1.807, 2.05) is 49.4 Å². The lowest BCUT2D eigenvalue weighted by Gasteiger charge is -2.25. The summed E-state index contributed by atoms with van der Waals surface area (Å²) in [6, 6.07) is 23.5. The molecular weight excluding hydrogens is 1130 g/mol. The highest BCUT2D eigenvalue weighted by Gasteiger charge is 2.29. The second-order valence-electron chi connectivity index (χ2n) is 20.2. The van der Waals surface area contributed by atoms with Crippen LogP contribution in [-0.4, -0.2) is 158 Å². The van der Waals surface area contributed by atoms with Crippen LogP contribution in [0.1, 0.15) is 50.2 Å². The van der Waals surface area contributed by atoms with Gasteiger partial charge in [-0.1, -0.05) is 50.2 Å². The summed E-state index contributed by atoms with van der Waals surface area (Å²) in [7, 11) is 0. The Morgan fingerprint density at radius 3 is 2.16 bits per heavy atom. The van der Waals surface area contributed by atoms with E-state index in [2.05, 4.69) is 41.9 Å². The van der Waals surface area contributed by atoms with Crippen molar-refractivity contribution in [3.63, 3.8) is 0 Å². The predicted molar refractivity (Wildman–Crippen MR) is 319 cm³/mol. The second kappa shape index (κ2) is 33.9. The molecule has 0 saturated carbocycles. The summed E-state index contributed by atoms with van der Waals surface area (Å²) in [5.74, 6) is -1.96. The number of aromatic amines is 1. The summed E-state index contributed by atoms with van der Waals surface area (Å²) in [4.78, 5) is 106. The van der Waals surface area contributed by atoms with Crippen molar-refractivity contribution in [3.8, 4) is 28.4 Å². The molecule has 3 aromatic carbocycles. The molecule has 3 aromatic heterocycles. The van der Waals surface area contributed by atoms with E-state index >= 15 is 0 Å². The van der Waals surface area contributed by atoms with Crippen LogP contribution in [0.25, 0.3) is 33.5 Å². The molecule has 26 heteroatoms. The molecule has 9 N–H and O–H groups in total. The van der Waals surface area contributed by atoms with Crippen molar-refractivity contribution in [2.75, 3.05) is 89.7 Å². The van der Waals surface area contributed by atoms with Gasteiger partial charge in [-0.15, -0.1) is 0 Å². The maximum Gasteiger partial charge on any atom is 0.407 e. The van der Waals surface area contributed by atoms with E-state index in [9.17, 15) is 38.0 Å². The number of para-hydroxylation sites is 1. The number of rotatable bonds is 36. The monoisotopic (exact) mass is 1200 g/mol. The van der Waals surface area contributed by atoms with Crippen LogP contribution in [0.3, 0.4) is 0 Å². The van der Waals surface area contributed by atoms with E-state index in [1.165, 1.54) is 18.2 Å². The fraction of sp³-hybridized carbons (Fsp3) is 0.377. The lowest BCUT2D eigenvalue weighted by Crippen LogP contribution is -2.54. The molecule has 0 spiro atoms. The van der Waals surface area contributed by atoms with E-state index in [-0.39, 0.29) is 115 Å². The number of alkyl carbamates (subject to hydrolysis) is 1. The van der Waals surface area contributed by atoms with Gasteiger partial charge in [0, 0.05) is 47.4 Å². The number of anilines is 2. The molecule has 25 nitrogen and oxygen atoms in total. The molecule has 2 atom stereocenters. The van der Waals surface area contributed by atoms with Crippen LogP contribution >= 0.6 is 0 Å². The van der Waals surface area contributed by atoms with Crippen LogP contribution in [0.4, 0.5) is 25.4 Å². The highest BCUT2D eigenvalue weighted by Crippen LogP contribution is 2.32. The minimum Gasteiger partial charge on any atom is -0.490 e. The number of pyridine rings is 2. The molecule has 0 radical (unpaired) electrons. The minimum atomic E-state index is -1.07. The predicted octanol–water partition coefficient (Wildman–Crippen LogP) is 5.45. The summed E-state index contributed by atoms with van der Waals surface area (Å²) < 4.78 is 47.6. The fourth-order valence-electron chi connectivity index (χ4n) is 8.70. The van der Waals surface area contributed by atoms with Gasteiger partial charge in [-0.25, -0.2) is 19.0 Å². The van der Waals surface area contributed by atoms with Gasteiger partial charge in [-0.05, 0) is 85.8 Å². The SMILES string of the molecule is Cc1cccc(-c2[nH]c(CNc3ccccc3F)nc2-c2ccc3ncc(OCCNC(=O)OCc4ccc(NC(=O)C(CCCNC(N)=O)NC(=O)C(NC(=O)CCOCCOCCOCCOCCN5C(=O)C=CC5=O)C(C)C)cc4)cc3c2)n1. The van der Waals surface area contributed by atoms with E-state index in [4.69, 9.17) is 44.1 Å². The maximum absolute atomic E-state index is 14.4. The topological polar surface area (TPSA) is 331 Å². The van der Waals surface area contributed by atoms with Crippen molar-refractivity contribution < 1.29 is 66.4 Å².